The number of carbonyl (C=O) groups is 2. The third kappa shape index (κ3) is 4.53. The predicted octanol–water partition coefficient (Wildman–Crippen LogP) is -0.0742. The molecular weight excluding hydrogens is 303 g/mol. The van der Waals surface area contributed by atoms with Gasteiger partial charge in [-0.15, -0.1) is 0 Å². The molecule has 0 aliphatic carbocycles. The average molecular weight is 312 g/mol. The Kier molecular flexibility index (Phi) is 4.71. The van der Waals surface area contributed by atoms with Crippen molar-refractivity contribution in [2.75, 3.05) is 18.0 Å². The van der Waals surface area contributed by atoms with E-state index in [4.69, 9.17) is 23.1 Å². The second kappa shape index (κ2) is 5.90. The number of hydrogen-bond donors (Lipinski definition) is 2. The highest BCUT2D eigenvalue weighted by molar-refractivity contribution is 6.28. The van der Waals surface area contributed by atoms with E-state index in [1.807, 2.05) is 0 Å². The van der Waals surface area contributed by atoms with E-state index in [0.29, 0.717) is 6.07 Å². The number of amides is 2. The smallest absolute Gasteiger partial charge is 0.368 e. The Bertz CT molecular complexity index is 521. The molecule has 2 amide bonds. The van der Waals surface area contributed by atoms with Crippen LogP contribution in [0.3, 0.4) is 0 Å². The van der Waals surface area contributed by atoms with E-state index in [0.717, 1.165) is 4.90 Å². The first-order valence-electron chi connectivity index (χ1n) is 5.03. The molecule has 0 aliphatic heterocycles. The average Bonchev–Trinajstić information content (AvgIpc) is 2.24. The van der Waals surface area contributed by atoms with E-state index in [9.17, 15) is 22.8 Å². The molecule has 0 bridgehead atoms. The van der Waals surface area contributed by atoms with Crippen LogP contribution in [-0.4, -0.2) is 34.9 Å². The van der Waals surface area contributed by atoms with E-state index in [1.165, 1.54) is 0 Å². The number of aromatic nitrogens is 2. The van der Waals surface area contributed by atoms with E-state index in [-0.39, 0.29) is 5.82 Å². The van der Waals surface area contributed by atoms with Gasteiger partial charge in [0, 0.05) is 6.07 Å². The molecule has 1 heterocycles. The normalized spacial score (nSPS) is 11.2. The fraction of sp³-hybridized carbons (Fsp3) is 0.333. The Hall–Kier alpha value is -2.10. The van der Waals surface area contributed by atoms with Gasteiger partial charge in [-0.1, -0.05) is 0 Å². The molecule has 0 spiro atoms. The lowest BCUT2D eigenvalue weighted by Crippen LogP contribution is -2.40. The number of primary amides is 2. The molecule has 7 nitrogen and oxygen atoms in total. The van der Waals surface area contributed by atoms with Crippen LogP contribution in [0.2, 0.25) is 5.28 Å². The fourth-order valence-corrected chi connectivity index (χ4v) is 1.48. The Balaban J connectivity index is 3.21. The standard InChI is InChI=1S/C9H9ClF3N5O2/c10-8-16-4(9(11,12)13)1-7(17-8)18(2-5(14)19)3-6(15)20/h1H,2-3H2,(H2,14,19)(H2,15,20). The van der Waals surface area contributed by atoms with Gasteiger partial charge in [-0.05, 0) is 11.6 Å². The van der Waals surface area contributed by atoms with Crippen LogP contribution in [0.1, 0.15) is 5.69 Å². The molecule has 0 radical (unpaired) electrons. The molecule has 20 heavy (non-hydrogen) atoms. The predicted molar refractivity (Wildman–Crippen MR) is 62.6 cm³/mol. The second-order valence-corrected chi connectivity index (χ2v) is 4.00. The maximum absolute atomic E-state index is 12.6. The van der Waals surface area contributed by atoms with Gasteiger partial charge in [0.15, 0.2) is 5.69 Å². The maximum Gasteiger partial charge on any atom is 0.433 e. The zero-order valence-corrected chi connectivity index (χ0v) is 10.6. The Morgan fingerprint density at radius 1 is 1.20 bits per heavy atom. The summed E-state index contributed by atoms with van der Waals surface area (Å²) in [6, 6.07) is 0.539. The van der Waals surface area contributed by atoms with Crippen LogP contribution in [0.25, 0.3) is 0 Å². The van der Waals surface area contributed by atoms with Crippen molar-refractivity contribution < 1.29 is 22.8 Å². The molecular formula is C9H9ClF3N5O2. The van der Waals surface area contributed by atoms with Crippen molar-refractivity contribution in [2.24, 2.45) is 11.5 Å². The minimum absolute atomic E-state index is 0.380. The fourth-order valence-electron chi connectivity index (χ4n) is 1.31. The van der Waals surface area contributed by atoms with Crippen molar-refractivity contribution in [2.45, 2.75) is 6.18 Å². The number of rotatable bonds is 5. The van der Waals surface area contributed by atoms with Gasteiger partial charge in [0.1, 0.15) is 5.82 Å². The van der Waals surface area contributed by atoms with Gasteiger partial charge in [0.25, 0.3) is 0 Å². The number of alkyl halides is 3. The van der Waals surface area contributed by atoms with Crippen LogP contribution in [0.5, 0.6) is 0 Å². The van der Waals surface area contributed by atoms with Crippen LogP contribution in [0.4, 0.5) is 19.0 Å². The molecule has 110 valence electrons. The summed E-state index contributed by atoms with van der Waals surface area (Å²) in [5.74, 6) is -2.14. The van der Waals surface area contributed by atoms with Gasteiger partial charge in [-0.25, -0.2) is 9.97 Å². The molecule has 0 aliphatic rings. The highest BCUT2D eigenvalue weighted by Crippen LogP contribution is 2.30. The first-order chi connectivity index (χ1) is 9.09. The summed E-state index contributed by atoms with van der Waals surface area (Å²) < 4.78 is 37.8. The van der Waals surface area contributed by atoms with Gasteiger partial charge < -0.3 is 16.4 Å². The minimum atomic E-state index is -4.76. The highest BCUT2D eigenvalue weighted by atomic mass is 35.5. The number of hydrogen-bond acceptors (Lipinski definition) is 5. The van der Waals surface area contributed by atoms with Crippen molar-refractivity contribution in [1.82, 2.24) is 9.97 Å². The van der Waals surface area contributed by atoms with Gasteiger partial charge in [0.2, 0.25) is 17.1 Å². The Morgan fingerprint density at radius 3 is 2.10 bits per heavy atom. The minimum Gasteiger partial charge on any atom is -0.368 e. The Morgan fingerprint density at radius 2 is 1.70 bits per heavy atom. The maximum atomic E-state index is 12.6. The van der Waals surface area contributed by atoms with Gasteiger partial charge in [0.05, 0.1) is 13.1 Å². The SMILES string of the molecule is NC(=O)CN(CC(N)=O)c1cc(C(F)(F)F)nc(Cl)n1. The largest absolute Gasteiger partial charge is 0.433 e. The van der Waals surface area contributed by atoms with Crippen LogP contribution in [0, 0.1) is 0 Å². The van der Waals surface area contributed by atoms with Crippen molar-refractivity contribution in [3.63, 3.8) is 0 Å². The summed E-state index contributed by atoms with van der Waals surface area (Å²) in [6.07, 6.45) is -4.76. The quantitative estimate of drug-likeness (QED) is 0.738. The van der Waals surface area contributed by atoms with Crippen LogP contribution in [0.15, 0.2) is 6.07 Å². The third-order valence-corrected chi connectivity index (χ3v) is 2.16. The Labute approximate surface area is 115 Å². The van der Waals surface area contributed by atoms with Crippen molar-refractivity contribution in [3.05, 3.63) is 17.0 Å². The van der Waals surface area contributed by atoms with Crippen molar-refractivity contribution >= 4 is 29.2 Å². The number of nitrogens with zero attached hydrogens (tertiary/aromatic N) is 3. The first kappa shape index (κ1) is 16.0. The molecule has 0 aromatic carbocycles. The van der Waals surface area contributed by atoms with Crippen molar-refractivity contribution in [3.8, 4) is 0 Å². The lowest BCUT2D eigenvalue weighted by atomic mass is 10.3. The molecule has 1 aromatic heterocycles. The van der Waals surface area contributed by atoms with Gasteiger partial charge >= 0.3 is 6.18 Å². The van der Waals surface area contributed by atoms with E-state index in [1.54, 1.807) is 0 Å². The van der Waals surface area contributed by atoms with Gasteiger partial charge in [-0.2, -0.15) is 13.2 Å². The summed E-state index contributed by atoms with van der Waals surface area (Å²) >= 11 is 5.39. The monoisotopic (exact) mass is 311 g/mol. The van der Waals surface area contributed by atoms with Crippen LogP contribution < -0.4 is 16.4 Å². The summed E-state index contributed by atoms with van der Waals surface area (Å²) in [7, 11) is 0. The molecule has 4 N–H and O–H groups in total. The molecule has 1 aromatic rings. The lowest BCUT2D eigenvalue weighted by Gasteiger charge is -2.21. The molecule has 0 unspecified atom stereocenters. The van der Waals surface area contributed by atoms with E-state index < -0.39 is 42.1 Å². The second-order valence-electron chi connectivity index (χ2n) is 3.67. The molecule has 0 fully saturated rings. The molecule has 0 saturated carbocycles. The van der Waals surface area contributed by atoms with E-state index in [2.05, 4.69) is 9.97 Å². The number of anilines is 1. The van der Waals surface area contributed by atoms with Crippen molar-refractivity contribution in [1.29, 1.82) is 0 Å². The topological polar surface area (TPSA) is 115 Å². The third-order valence-electron chi connectivity index (χ3n) is 1.99. The summed E-state index contributed by atoms with van der Waals surface area (Å²) in [5.41, 5.74) is 8.56. The van der Waals surface area contributed by atoms with E-state index >= 15 is 0 Å². The summed E-state index contributed by atoms with van der Waals surface area (Å²) in [6.45, 7) is -1.10. The molecule has 1 rings (SSSR count). The molecule has 0 atom stereocenters. The summed E-state index contributed by atoms with van der Waals surface area (Å²) in [4.78, 5) is 29.1. The van der Waals surface area contributed by atoms with Gasteiger partial charge in [-0.3, -0.25) is 9.59 Å². The number of halogens is 4. The van der Waals surface area contributed by atoms with Crippen LogP contribution in [-0.2, 0) is 15.8 Å². The highest BCUT2D eigenvalue weighted by Gasteiger charge is 2.34. The zero-order chi connectivity index (χ0) is 15.5. The molecule has 11 heteroatoms. The number of carbonyl (C=O) groups excluding carboxylic acids is 2. The zero-order valence-electron chi connectivity index (χ0n) is 9.82. The number of nitrogens with two attached hydrogens (primary N) is 2. The van der Waals surface area contributed by atoms with Crippen LogP contribution >= 0.6 is 11.6 Å². The lowest BCUT2D eigenvalue weighted by molar-refractivity contribution is -0.141. The first-order valence-corrected chi connectivity index (χ1v) is 5.40. The summed E-state index contributed by atoms with van der Waals surface area (Å²) in [5, 5.41) is -0.686. The molecule has 0 saturated heterocycles.